The fourth-order valence-electron chi connectivity index (χ4n) is 2.23. The van der Waals surface area contributed by atoms with Gasteiger partial charge in [0.05, 0.1) is 11.5 Å². The van der Waals surface area contributed by atoms with Crippen LogP contribution in [0.3, 0.4) is 0 Å². The Bertz CT molecular complexity index is 817. The zero-order valence-electron chi connectivity index (χ0n) is 13.6. The minimum absolute atomic E-state index is 0.101. The van der Waals surface area contributed by atoms with Crippen LogP contribution in [0.2, 0.25) is 0 Å². The van der Waals surface area contributed by atoms with E-state index < -0.39 is 15.9 Å². The normalized spacial score (nSPS) is 11.5. The molecule has 128 valence electrons. The Hall–Kier alpha value is -2.38. The molecule has 0 atom stereocenters. The van der Waals surface area contributed by atoms with Crippen LogP contribution in [0.4, 0.5) is 0 Å². The van der Waals surface area contributed by atoms with Gasteiger partial charge in [-0.25, -0.2) is 8.42 Å². The maximum absolute atomic E-state index is 12.7. The Labute approximate surface area is 141 Å². The number of hydrogen-bond donors (Lipinski definition) is 1. The van der Waals surface area contributed by atoms with Crippen LogP contribution < -0.4 is 10.5 Å². The zero-order valence-corrected chi connectivity index (χ0v) is 14.4. The van der Waals surface area contributed by atoms with E-state index in [0.29, 0.717) is 12.4 Å². The third kappa shape index (κ3) is 3.93. The zero-order chi connectivity index (χ0) is 17.7. The molecule has 0 heterocycles. The van der Waals surface area contributed by atoms with Gasteiger partial charge >= 0.3 is 0 Å². The predicted octanol–water partition coefficient (Wildman–Crippen LogP) is 2.00. The molecule has 2 rings (SSSR count). The number of nitrogens with zero attached hydrogens (tertiary/aromatic N) is 1. The highest BCUT2D eigenvalue weighted by Crippen LogP contribution is 2.23. The topological polar surface area (TPSA) is 89.7 Å². The van der Waals surface area contributed by atoms with Gasteiger partial charge in [-0.15, -0.1) is 0 Å². The molecule has 0 radical (unpaired) electrons. The highest BCUT2D eigenvalue weighted by atomic mass is 32.2. The van der Waals surface area contributed by atoms with E-state index >= 15 is 0 Å². The van der Waals surface area contributed by atoms with E-state index in [1.165, 1.54) is 35.6 Å². The predicted molar refractivity (Wildman–Crippen MR) is 91.2 cm³/mol. The number of sulfonamides is 1. The molecule has 7 heteroatoms. The molecule has 6 nitrogen and oxygen atoms in total. The summed E-state index contributed by atoms with van der Waals surface area (Å²) in [6.07, 6.45) is 0. The van der Waals surface area contributed by atoms with Crippen molar-refractivity contribution in [1.82, 2.24) is 4.31 Å². The number of carbonyl (C=O) groups is 1. The van der Waals surface area contributed by atoms with Crippen LogP contribution >= 0.6 is 0 Å². The molecule has 0 aliphatic rings. The van der Waals surface area contributed by atoms with Crippen LogP contribution in [-0.4, -0.2) is 32.3 Å². The SMILES string of the molecule is CCOc1ccccc1CN(C)S(=O)(=O)c1ccc(C(N)=O)cc1. The molecule has 0 saturated carbocycles. The van der Waals surface area contributed by atoms with Crippen LogP contribution in [0.15, 0.2) is 53.4 Å². The molecular formula is C17H20N2O4S. The lowest BCUT2D eigenvalue weighted by Crippen LogP contribution is -2.26. The molecule has 1 amide bonds. The smallest absolute Gasteiger partial charge is 0.248 e. The van der Waals surface area contributed by atoms with Crippen molar-refractivity contribution in [1.29, 1.82) is 0 Å². The summed E-state index contributed by atoms with van der Waals surface area (Å²) in [4.78, 5) is 11.2. The van der Waals surface area contributed by atoms with E-state index in [0.717, 1.165) is 5.56 Å². The van der Waals surface area contributed by atoms with Crippen molar-refractivity contribution < 1.29 is 17.9 Å². The molecule has 0 aromatic heterocycles. The molecule has 2 aromatic rings. The van der Waals surface area contributed by atoms with E-state index in [2.05, 4.69) is 0 Å². The van der Waals surface area contributed by atoms with Crippen molar-refractivity contribution in [3.8, 4) is 5.75 Å². The van der Waals surface area contributed by atoms with Crippen molar-refractivity contribution >= 4 is 15.9 Å². The van der Waals surface area contributed by atoms with Gasteiger partial charge < -0.3 is 10.5 Å². The molecule has 24 heavy (non-hydrogen) atoms. The summed E-state index contributed by atoms with van der Waals surface area (Å²) in [7, 11) is -2.19. The van der Waals surface area contributed by atoms with Crippen LogP contribution in [0, 0.1) is 0 Å². The number of rotatable bonds is 7. The number of ether oxygens (including phenoxy) is 1. The summed E-state index contributed by atoms with van der Waals surface area (Å²) >= 11 is 0. The second-order valence-electron chi connectivity index (χ2n) is 5.19. The van der Waals surface area contributed by atoms with Gasteiger partial charge in [0.2, 0.25) is 15.9 Å². The number of benzene rings is 2. The van der Waals surface area contributed by atoms with E-state index in [1.807, 2.05) is 25.1 Å². The third-order valence-corrected chi connectivity index (χ3v) is 5.33. The van der Waals surface area contributed by atoms with Crippen LogP contribution in [-0.2, 0) is 16.6 Å². The standard InChI is InChI=1S/C17H20N2O4S/c1-3-23-16-7-5-4-6-14(16)12-19(2)24(21,22)15-10-8-13(9-11-15)17(18)20/h4-11H,3,12H2,1-2H3,(H2,18,20). The average Bonchev–Trinajstić information content (AvgIpc) is 2.57. The molecule has 0 aliphatic carbocycles. The Morgan fingerprint density at radius 2 is 1.75 bits per heavy atom. The van der Waals surface area contributed by atoms with E-state index in [4.69, 9.17) is 10.5 Å². The molecule has 0 fully saturated rings. The minimum atomic E-state index is -3.69. The van der Waals surface area contributed by atoms with E-state index in [1.54, 1.807) is 6.07 Å². The average molecular weight is 348 g/mol. The lowest BCUT2D eigenvalue weighted by molar-refractivity contribution is 0.1000. The molecule has 0 unspecified atom stereocenters. The second-order valence-corrected chi connectivity index (χ2v) is 7.24. The van der Waals surface area contributed by atoms with Gasteiger partial charge in [0, 0.05) is 24.7 Å². The summed E-state index contributed by atoms with van der Waals surface area (Å²) in [6.45, 7) is 2.55. The molecular weight excluding hydrogens is 328 g/mol. The molecule has 0 saturated heterocycles. The first kappa shape index (κ1) is 18.0. The van der Waals surface area contributed by atoms with Crippen molar-refractivity contribution in [2.45, 2.75) is 18.4 Å². The monoisotopic (exact) mass is 348 g/mol. The summed E-state index contributed by atoms with van der Waals surface area (Å²) < 4.78 is 32.1. The largest absolute Gasteiger partial charge is 0.494 e. The third-order valence-electron chi connectivity index (χ3n) is 3.51. The Morgan fingerprint density at radius 1 is 1.12 bits per heavy atom. The van der Waals surface area contributed by atoms with Crippen LogP contribution in [0.25, 0.3) is 0 Å². The molecule has 0 bridgehead atoms. The number of para-hydroxylation sites is 1. The van der Waals surface area contributed by atoms with Crippen molar-refractivity contribution in [2.75, 3.05) is 13.7 Å². The maximum Gasteiger partial charge on any atom is 0.248 e. The highest BCUT2D eigenvalue weighted by Gasteiger charge is 2.22. The first-order valence-corrected chi connectivity index (χ1v) is 8.87. The minimum Gasteiger partial charge on any atom is -0.494 e. The number of primary amides is 1. The van der Waals surface area contributed by atoms with E-state index in [9.17, 15) is 13.2 Å². The number of nitrogens with two attached hydrogens (primary N) is 1. The van der Waals surface area contributed by atoms with Crippen molar-refractivity contribution in [2.24, 2.45) is 5.73 Å². The lowest BCUT2D eigenvalue weighted by Gasteiger charge is -2.19. The van der Waals surface area contributed by atoms with Gasteiger partial charge in [0.25, 0.3) is 0 Å². The van der Waals surface area contributed by atoms with Gasteiger partial charge in [0.15, 0.2) is 0 Å². The van der Waals surface area contributed by atoms with Crippen molar-refractivity contribution in [3.63, 3.8) is 0 Å². The Balaban J connectivity index is 2.25. The molecule has 2 N–H and O–H groups in total. The van der Waals surface area contributed by atoms with Gasteiger partial charge in [-0.2, -0.15) is 4.31 Å². The van der Waals surface area contributed by atoms with Crippen molar-refractivity contribution in [3.05, 3.63) is 59.7 Å². The quantitative estimate of drug-likeness (QED) is 0.829. The first-order valence-electron chi connectivity index (χ1n) is 7.43. The molecule has 0 aliphatic heterocycles. The summed E-state index contributed by atoms with van der Waals surface area (Å²) in [5.41, 5.74) is 6.21. The Morgan fingerprint density at radius 3 is 2.33 bits per heavy atom. The van der Waals surface area contributed by atoms with Gasteiger partial charge in [-0.05, 0) is 37.3 Å². The fraction of sp³-hybridized carbons (Fsp3) is 0.235. The summed E-state index contributed by atoms with van der Waals surface area (Å²) in [5.74, 6) is 0.0593. The fourth-order valence-corrected chi connectivity index (χ4v) is 3.38. The maximum atomic E-state index is 12.7. The van der Waals surface area contributed by atoms with E-state index in [-0.39, 0.29) is 17.0 Å². The molecule has 2 aromatic carbocycles. The number of carbonyl (C=O) groups excluding carboxylic acids is 1. The number of amides is 1. The van der Waals surface area contributed by atoms with Crippen LogP contribution in [0.5, 0.6) is 5.75 Å². The second kappa shape index (κ2) is 7.46. The van der Waals surface area contributed by atoms with Gasteiger partial charge in [-0.3, -0.25) is 4.79 Å². The van der Waals surface area contributed by atoms with Gasteiger partial charge in [0.1, 0.15) is 5.75 Å². The van der Waals surface area contributed by atoms with Crippen LogP contribution in [0.1, 0.15) is 22.8 Å². The summed E-state index contributed by atoms with van der Waals surface area (Å²) in [5, 5.41) is 0. The lowest BCUT2D eigenvalue weighted by atomic mass is 10.2. The number of hydrogen-bond acceptors (Lipinski definition) is 4. The highest BCUT2D eigenvalue weighted by molar-refractivity contribution is 7.89. The molecule has 0 spiro atoms. The first-order chi connectivity index (χ1) is 11.4. The Kier molecular flexibility index (Phi) is 5.58. The summed E-state index contributed by atoms with van der Waals surface area (Å²) in [6, 6.07) is 12.9. The van der Waals surface area contributed by atoms with Gasteiger partial charge in [-0.1, -0.05) is 18.2 Å².